The highest BCUT2D eigenvalue weighted by Gasteiger charge is 2.32. The van der Waals surface area contributed by atoms with Crippen LogP contribution >= 0.6 is 0 Å². The lowest BCUT2D eigenvalue weighted by molar-refractivity contribution is -0.671. The van der Waals surface area contributed by atoms with Crippen molar-refractivity contribution < 1.29 is 101 Å². The third-order valence-electron chi connectivity index (χ3n) is 10.2. The molecule has 2 N–H and O–H groups in total. The van der Waals surface area contributed by atoms with Crippen molar-refractivity contribution >= 4 is 46.4 Å². The van der Waals surface area contributed by atoms with Gasteiger partial charge in [-0.3, -0.25) is 0 Å². The Balaban J connectivity index is 0.00000289. The molecule has 18 heteroatoms. The molecule has 0 saturated carbocycles. The van der Waals surface area contributed by atoms with Crippen LogP contribution in [0.4, 0.5) is 43.9 Å². The third-order valence-corrected chi connectivity index (χ3v) is 10.2. The third kappa shape index (κ3) is 7.15. The summed E-state index contributed by atoms with van der Waals surface area (Å²) in [6.45, 7) is 0. The van der Waals surface area contributed by atoms with Gasteiger partial charge in [0.25, 0.3) is 0 Å². The molecule has 0 unspecified atom stereocenters. The molecule has 0 atom stereocenters. The lowest BCUT2D eigenvalue weighted by Crippen LogP contribution is -3.00. The Bertz CT molecular complexity index is 2970. The summed E-state index contributed by atoms with van der Waals surface area (Å²) in [5, 5.41) is 0. The van der Waals surface area contributed by atoms with Gasteiger partial charge in [-0.1, -0.05) is 0 Å². The molecule has 0 fully saturated rings. The first-order chi connectivity index (χ1) is 28.7. The van der Waals surface area contributed by atoms with Crippen molar-refractivity contribution in [2.24, 2.45) is 14.1 Å². The number of fused-ring (bicyclic) bond motifs is 8. The topological polar surface area (TPSA) is 65.1 Å². The molecule has 9 rings (SSSR count). The number of hydrogen-bond donors (Lipinski definition) is 2. The van der Waals surface area contributed by atoms with E-state index in [4.69, 9.17) is 4.98 Å². The molecule has 0 spiro atoms. The fourth-order valence-corrected chi connectivity index (χ4v) is 7.32. The first-order valence-corrected chi connectivity index (χ1v) is 17.8. The Labute approximate surface area is 378 Å². The molecule has 7 aromatic rings. The smallest absolute Gasteiger partial charge is 0.200 e. The van der Waals surface area contributed by atoms with Gasteiger partial charge >= 0.3 is 0 Å². The Morgan fingerprint density at radius 1 is 0.339 bits per heavy atom. The maximum atomic E-state index is 15.8. The van der Waals surface area contributed by atoms with Crippen molar-refractivity contribution in [2.75, 3.05) is 0 Å². The minimum Gasteiger partial charge on any atom is -1.00 e. The van der Waals surface area contributed by atoms with Crippen LogP contribution in [0.15, 0.2) is 73.3 Å². The number of pyridine rings is 2. The molecule has 314 valence electrons. The molecule has 0 radical (unpaired) electrons. The zero-order valence-electron chi connectivity index (χ0n) is 31.6. The summed E-state index contributed by atoms with van der Waals surface area (Å²) >= 11 is 0. The molecule has 7 heterocycles. The Morgan fingerprint density at radius 3 is 0.871 bits per heavy atom. The van der Waals surface area contributed by atoms with E-state index in [1.54, 1.807) is 84.4 Å². The number of aryl methyl sites for hydroxylation is 2. The standard InChI is InChI=1S/C44H23F10N6.2HI/c1-59-15-11-19(12-16-59)29-21-3-4-22(55-21)30(20-13-17-60(2)18-14-20)24-6-8-26(57-24)32(34-37(47)41(51)44(54)42(52)38(34)48)28-10-9-27(58-28)31(25-7-5-23(29)56-25)33-35(45)39(49)43(53)40(50)36(33)46;;/h3-18H,1-2H3,(H,55,56,57,58);2*1H/q+1;;/p-1. The second kappa shape index (κ2) is 16.8. The van der Waals surface area contributed by atoms with Gasteiger partial charge in [0, 0.05) is 68.6 Å². The van der Waals surface area contributed by atoms with Crippen LogP contribution in [0.2, 0.25) is 0 Å². The lowest BCUT2D eigenvalue weighted by Gasteiger charge is -2.11. The van der Waals surface area contributed by atoms with Gasteiger partial charge in [-0.2, -0.15) is 0 Å². The number of aromatic amines is 2. The largest absolute Gasteiger partial charge is 1.00 e. The van der Waals surface area contributed by atoms with E-state index in [0.29, 0.717) is 33.6 Å². The summed E-state index contributed by atoms with van der Waals surface area (Å²) < 4.78 is 155. The maximum absolute atomic E-state index is 15.8. The molecule has 2 aliphatic heterocycles. The molecule has 2 aromatic carbocycles. The predicted molar refractivity (Wildman–Crippen MR) is 203 cm³/mol. The van der Waals surface area contributed by atoms with Crippen LogP contribution in [-0.4, -0.2) is 19.9 Å². The van der Waals surface area contributed by atoms with E-state index in [1.165, 1.54) is 24.3 Å². The van der Waals surface area contributed by atoms with Gasteiger partial charge in [-0.05, 0) is 59.7 Å². The molecule has 0 aliphatic carbocycles. The van der Waals surface area contributed by atoms with Crippen molar-refractivity contribution in [3.05, 3.63) is 154 Å². The fraction of sp³-hybridized carbons (Fsp3) is 0.0455. The predicted octanol–water partition coefficient (Wildman–Crippen LogP) is 4.37. The molecule has 5 aromatic heterocycles. The molecular formula is C44H24F10I2N6. The molecule has 0 amide bonds. The van der Waals surface area contributed by atoms with Gasteiger partial charge in [0.15, 0.2) is 71.3 Å². The summed E-state index contributed by atoms with van der Waals surface area (Å²) in [4.78, 5) is 15.4. The highest BCUT2D eigenvalue weighted by Crippen LogP contribution is 2.42. The highest BCUT2D eigenvalue weighted by atomic mass is 127. The van der Waals surface area contributed by atoms with Gasteiger partial charge < -0.3 is 57.9 Å². The van der Waals surface area contributed by atoms with Crippen LogP contribution in [0.3, 0.4) is 0 Å². The van der Waals surface area contributed by atoms with E-state index < -0.39 is 91.8 Å². The SMILES string of the molecule is C[n+]1ccc(-c2c3nc(c(-c4cc[n+](C)cc4)c4ccc([nH]4)c(-c4c(F)c(F)c(F)c(F)c4F)c4nc(c(-c5c(F)c(F)c(F)c(F)c5F)c5ccc2[nH]5)C=C4)C=C3)cc1.[I-].[I-]. The van der Waals surface area contributed by atoms with Crippen LogP contribution in [-0.2, 0) is 14.1 Å². The number of halogens is 12. The van der Waals surface area contributed by atoms with E-state index in [0.717, 1.165) is 12.2 Å². The normalized spacial score (nSPS) is 11.8. The van der Waals surface area contributed by atoms with Crippen molar-refractivity contribution in [3.8, 4) is 44.5 Å². The Kier molecular flexibility index (Phi) is 11.9. The first kappa shape index (κ1) is 44.2. The van der Waals surface area contributed by atoms with Crippen molar-refractivity contribution in [1.29, 1.82) is 0 Å². The van der Waals surface area contributed by atoms with Crippen molar-refractivity contribution in [2.45, 2.75) is 0 Å². The second-order valence-corrected chi connectivity index (χ2v) is 13.9. The number of rotatable bonds is 4. The Morgan fingerprint density at radius 2 is 0.581 bits per heavy atom. The maximum Gasteiger partial charge on any atom is 0.200 e. The average Bonchev–Trinajstić information content (AvgIpc) is 4.09. The molecule has 8 bridgehead atoms. The summed E-state index contributed by atoms with van der Waals surface area (Å²) in [6.07, 6.45) is 12.5. The number of nitrogens with one attached hydrogen (secondary N) is 2. The van der Waals surface area contributed by atoms with E-state index in [1.807, 2.05) is 0 Å². The number of H-pyrrole nitrogens is 2. The van der Waals surface area contributed by atoms with E-state index in [-0.39, 0.29) is 70.0 Å². The van der Waals surface area contributed by atoms with Gasteiger partial charge in [-0.15, -0.1) is 0 Å². The summed E-state index contributed by atoms with van der Waals surface area (Å²) in [5.74, 6) is -22.9. The molecular weight excluding hydrogens is 1060 g/mol. The van der Waals surface area contributed by atoms with E-state index in [9.17, 15) is 26.3 Å². The van der Waals surface area contributed by atoms with Crippen LogP contribution in [0.25, 0.3) is 90.9 Å². The van der Waals surface area contributed by atoms with Crippen molar-refractivity contribution in [1.82, 2.24) is 19.9 Å². The van der Waals surface area contributed by atoms with E-state index in [2.05, 4.69) is 15.0 Å². The molecule has 2 aliphatic rings. The zero-order valence-corrected chi connectivity index (χ0v) is 35.9. The van der Waals surface area contributed by atoms with Crippen LogP contribution in [0.5, 0.6) is 0 Å². The molecule has 62 heavy (non-hydrogen) atoms. The molecule has 6 nitrogen and oxygen atoms in total. The summed E-state index contributed by atoms with van der Waals surface area (Å²) in [5.41, 5.74) is -2.29. The number of nitrogens with zero attached hydrogens (tertiary/aromatic N) is 4. The van der Waals surface area contributed by atoms with Crippen LogP contribution < -0.4 is 57.1 Å². The number of hydrogen-bond acceptors (Lipinski definition) is 2. The zero-order chi connectivity index (χ0) is 42.3. The van der Waals surface area contributed by atoms with Gasteiger partial charge in [0.2, 0.25) is 11.6 Å². The minimum absolute atomic E-state index is 0. The van der Waals surface area contributed by atoms with Gasteiger partial charge in [-0.25, -0.2) is 63.0 Å². The average molecular weight is 1080 g/mol. The van der Waals surface area contributed by atoms with Gasteiger partial charge in [0.05, 0.1) is 33.9 Å². The van der Waals surface area contributed by atoms with E-state index >= 15 is 17.6 Å². The van der Waals surface area contributed by atoms with Crippen LogP contribution in [0.1, 0.15) is 22.8 Å². The minimum atomic E-state index is -2.43. The van der Waals surface area contributed by atoms with Crippen LogP contribution in [0, 0.1) is 58.2 Å². The van der Waals surface area contributed by atoms with Gasteiger partial charge in [0.1, 0.15) is 14.1 Å². The first-order valence-electron chi connectivity index (χ1n) is 17.8. The molecule has 0 saturated heterocycles. The quantitative estimate of drug-likeness (QED) is 0.0906. The fourth-order valence-electron chi connectivity index (χ4n) is 7.32. The second-order valence-electron chi connectivity index (χ2n) is 13.9. The monoisotopic (exact) mass is 1080 g/mol. The number of aromatic nitrogens is 6. The number of benzene rings is 2. The summed E-state index contributed by atoms with van der Waals surface area (Å²) in [6, 6.07) is 12.7. The van der Waals surface area contributed by atoms with Crippen molar-refractivity contribution in [3.63, 3.8) is 0 Å². The highest BCUT2D eigenvalue weighted by molar-refractivity contribution is 6.00. The lowest BCUT2D eigenvalue weighted by atomic mass is 10.0. The Hall–Kier alpha value is -5.90. The summed E-state index contributed by atoms with van der Waals surface area (Å²) in [7, 11) is 3.60.